The summed E-state index contributed by atoms with van der Waals surface area (Å²) in [5.41, 5.74) is 5.88. The van der Waals surface area contributed by atoms with Crippen LogP contribution in [0.2, 0.25) is 0 Å². The minimum Gasteiger partial charge on any atom is -0.504 e. The zero-order valence-corrected chi connectivity index (χ0v) is 23.7. The zero-order chi connectivity index (χ0) is 27.3. The number of hydrogen-bond acceptors (Lipinski definition) is 6. The van der Waals surface area contributed by atoms with E-state index in [4.69, 9.17) is 9.57 Å². The summed E-state index contributed by atoms with van der Waals surface area (Å²) in [6.45, 7) is 15.1. The Bertz CT molecular complexity index is 1120. The van der Waals surface area contributed by atoms with Crippen LogP contribution in [-0.4, -0.2) is 28.8 Å². The van der Waals surface area contributed by atoms with Crippen molar-refractivity contribution in [2.75, 3.05) is 7.11 Å². The third-order valence-corrected chi connectivity index (χ3v) is 8.66. The van der Waals surface area contributed by atoms with Crippen molar-refractivity contribution in [3.05, 3.63) is 58.7 Å². The third kappa shape index (κ3) is 5.63. The Hall–Kier alpha value is -3.02. The molecule has 2 N–H and O–H groups in total. The first kappa shape index (κ1) is 28.5. The van der Waals surface area contributed by atoms with Crippen LogP contribution in [0, 0.1) is 17.3 Å². The lowest BCUT2D eigenvalue weighted by atomic mass is 9.54. The van der Waals surface area contributed by atoms with Gasteiger partial charge in [0.25, 0.3) is 0 Å². The Kier molecular flexibility index (Phi) is 9.27. The van der Waals surface area contributed by atoms with Gasteiger partial charge in [0, 0.05) is 11.0 Å². The SMILES string of the molecule is CC.COc1cc2c(cc1O)/C(=N/OCc1ccc(C(C)C)cc1)C[C@@H]1[C@@H]2CC[C@](C)(/C(C)=N/O)[C@H]1C. The Morgan fingerprint density at radius 1 is 1.16 bits per heavy atom. The van der Waals surface area contributed by atoms with Crippen LogP contribution in [0.5, 0.6) is 11.5 Å². The van der Waals surface area contributed by atoms with Gasteiger partial charge >= 0.3 is 0 Å². The van der Waals surface area contributed by atoms with Crippen molar-refractivity contribution < 1.29 is 19.9 Å². The minimum absolute atomic E-state index is 0.110. The Labute approximate surface area is 222 Å². The maximum atomic E-state index is 10.5. The monoisotopic (exact) mass is 508 g/mol. The van der Waals surface area contributed by atoms with Gasteiger partial charge in [-0.15, -0.1) is 0 Å². The van der Waals surface area contributed by atoms with Gasteiger partial charge in [-0.3, -0.25) is 0 Å². The molecular weight excluding hydrogens is 464 g/mol. The van der Waals surface area contributed by atoms with E-state index in [2.05, 4.69) is 62.3 Å². The van der Waals surface area contributed by atoms with Gasteiger partial charge in [-0.2, -0.15) is 0 Å². The molecule has 2 aromatic rings. The Morgan fingerprint density at radius 3 is 2.43 bits per heavy atom. The summed E-state index contributed by atoms with van der Waals surface area (Å²) in [5, 5.41) is 28.3. The van der Waals surface area contributed by atoms with Crippen molar-refractivity contribution in [1.29, 1.82) is 0 Å². The molecule has 1 fully saturated rings. The normalized spacial score (nSPS) is 26.1. The van der Waals surface area contributed by atoms with Crippen LogP contribution in [0.25, 0.3) is 0 Å². The molecule has 2 aliphatic carbocycles. The van der Waals surface area contributed by atoms with Crippen LogP contribution >= 0.6 is 0 Å². The first-order valence-electron chi connectivity index (χ1n) is 13.6. The molecule has 2 aromatic carbocycles. The third-order valence-electron chi connectivity index (χ3n) is 8.66. The number of ether oxygens (including phenoxy) is 1. The fraction of sp³-hybridized carbons (Fsp3) is 0.548. The van der Waals surface area contributed by atoms with E-state index in [1.165, 1.54) is 5.56 Å². The predicted octanol–water partition coefficient (Wildman–Crippen LogP) is 7.86. The summed E-state index contributed by atoms with van der Waals surface area (Å²) >= 11 is 0. The molecule has 0 spiro atoms. The van der Waals surface area contributed by atoms with Crippen LogP contribution in [0.3, 0.4) is 0 Å². The van der Waals surface area contributed by atoms with Crippen molar-refractivity contribution in [2.45, 2.75) is 86.2 Å². The van der Waals surface area contributed by atoms with E-state index in [0.29, 0.717) is 30.1 Å². The van der Waals surface area contributed by atoms with Crippen LogP contribution in [-0.2, 0) is 11.4 Å². The van der Waals surface area contributed by atoms with E-state index in [-0.39, 0.29) is 17.1 Å². The second-order valence-corrected chi connectivity index (χ2v) is 10.7. The average molecular weight is 509 g/mol. The summed E-state index contributed by atoms with van der Waals surface area (Å²) in [6.07, 6.45) is 2.64. The number of aromatic hydroxyl groups is 1. The molecule has 0 saturated heterocycles. The van der Waals surface area contributed by atoms with E-state index >= 15 is 0 Å². The fourth-order valence-corrected chi connectivity index (χ4v) is 5.96. The summed E-state index contributed by atoms with van der Waals surface area (Å²) in [7, 11) is 1.58. The summed E-state index contributed by atoms with van der Waals surface area (Å²) in [5.74, 6) is 1.97. The van der Waals surface area contributed by atoms with Crippen LogP contribution in [0.1, 0.15) is 102 Å². The van der Waals surface area contributed by atoms with Gasteiger partial charge in [0.2, 0.25) is 0 Å². The van der Waals surface area contributed by atoms with Gasteiger partial charge in [-0.05, 0) is 78.7 Å². The van der Waals surface area contributed by atoms with Gasteiger partial charge in [-0.25, -0.2) is 0 Å². The molecule has 4 rings (SSSR count). The molecule has 4 atom stereocenters. The maximum absolute atomic E-state index is 10.5. The van der Waals surface area contributed by atoms with Crippen LogP contribution in [0.15, 0.2) is 46.7 Å². The molecule has 1 saturated carbocycles. The number of rotatable bonds is 6. The highest BCUT2D eigenvalue weighted by Crippen LogP contribution is 2.56. The molecular formula is C31H44N2O4. The largest absolute Gasteiger partial charge is 0.504 e. The summed E-state index contributed by atoms with van der Waals surface area (Å²) < 4.78 is 5.44. The highest BCUT2D eigenvalue weighted by atomic mass is 16.6. The second-order valence-electron chi connectivity index (χ2n) is 10.7. The molecule has 37 heavy (non-hydrogen) atoms. The van der Waals surface area contributed by atoms with Crippen LogP contribution < -0.4 is 4.74 Å². The van der Waals surface area contributed by atoms with E-state index in [9.17, 15) is 10.3 Å². The molecule has 0 bridgehead atoms. The molecule has 6 nitrogen and oxygen atoms in total. The van der Waals surface area contributed by atoms with Crippen molar-refractivity contribution in [3.8, 4) is 11.5 Å². The Balaban J connectivity index is 0.00000186. The average Bonchev–Trinajstić information content (AvgIpc) is 2.91. The van der Waals surface area contributed by atoms with Crippen molar-refractivity contribution in [2.24, 2.45) is 27.6 Å². The molecule has 2 aliphatic rings. The molecule has 0 amide bonds. The molecule has 202 valence electrons. The minimum atomic E-state index is -0.182. The number of nitrogens with zero attached hydrogens (tertiary/aromatic N) is 2. The lowest BCUT2D eigenvalue weighted by molar-refractivity contribution is 0.102. The lowest BCUT2D eigenvalue weighted by Crippen LogP contribution is -2.46. The molecule has 0 aliphatic heterocycles. The molecule has 0 radical (unpaired) electrons. The smallest absolute Gasteiger partial charge is 0.160 e. The highest BCUT2D eigenvalue weighted by Gasteiger charge is 2.49. The van der Waals surface area contributed by atoms with Crippen molar-refractivity contribution in [3.63, 3.8) is 0 Å². The number of phenolic OH excluding ortho intramolecular Hbond substituents is 1. The maximum Gasteiger partial charge on any atom is 0.160 e. The standard InChI is InChI=1S/C29H38N2O4.C2H6/c1-17(2)21-9-7-20(8-10-21)16-35-31-26-13-23-18(3)29(5,19(4)30-33)12-11-22(23)24-15-28(34-6)27(32)14-25(24)26;1-2/h7-10,14-15,17-18,22-23,32-33H,11-13,16H2,1-6H3;1-2H3/b30-19+,31-26+;/t18-,22-,23-,29-;/m0./s1. The second kappa shape index (κ2) is 12.0. The summed E-state index contributed by atoms with van der Waals surface area (Å²) in [4.78, 5) is 5.86. The van der Waals surface area contributed by atoms with E-state index in [1.807, 2.05) is 26.8 Å². The first-order valence-corrected chi connectivity index (χ1v) is 13.6. The molecule has 0 heterocycles. The summed E-state index contributed by atoms with van der Waals surface area (Å²) in [6, 6.07) is 12.2. The molecule has 0 unspecified atom stereocenters. The number of fused-ring (bicyclic) bond motifs is 3. The topological polar surface area (TPSA) is 83.6 Å². The van der Waals surface area contributed by atoms with Crippen LogP contribution in [0.4, 0.5) is 0 Å². The van der Waals surface area contributed by atoms with Gasteiger partial charge in [0.1, 0.15) is 6.61 Å². The number of phenols is 1. The number of benzene rings is 2. The highest BCUT2D eigenvalue weighted by molar-refractivity contribution is 6.03. The van der Waals surface area contributed by atoms with Gasteiger partial charge in [0.15, 0.2) is 11.5 Å². The molecule has 6 heteroatoms. The van der Waals surface area contributed by atoms with Gasteiger partial charge < -0.3 is 19.9 Å². The number of oxime groups is 2. The zero-order valence-electron chi connectivity index (χ0n) is 23.7. The number of hydrogen-bond donors (Lipinski definition) is 2. The van der Waals surface area contributed by atoms with E-state index in [1.54, 1.807) is 13.2 Å². The predicted molar refractivity (Wildman–Crippen MR) is 150 cm³/mol. The molecule has 0 aromatic heterocycles. The first-order chi connectivity index (χ1) is 17.7. The van der Waals surface area contributed by atoms with Gasteiger partial charge in [0.05, 0.1) is 18.5 Å². The fourth-order valence-electron chi connectivity index (χ4n) is 5.96. The lowest BCUT2D eigenvalue weighted by Gasteiger charge is -2.50. The number of methoxy groups -OCH3 is 1. The van der Waals surface area contributed by atoms with Crippen molar-refractivity contribution >= 4 is 11.4 Å². The van der Waals surface area contributed by atoms with E-state index in [0.717, 1.165) is 47.4 Å². The quantitative estimate of drug-likeness (QED) is 0.236. The Morgan fingerprint density at radius 2 is 1.84 bits per heavy atom. The van der Waals surface area contributed by atoms with Crippen molar-refractivity contribution in [1.82, 2.24) is 0 Å². The van der Waals surface area contributed by atoms with E-state index < -0.39 is 0 Å². The van der Waals surface area contributed by atoms with Gasteiger partial charge in [-0.1, -0.05) is 76.1 Å².